The minimum absolute atomic E-state index is 0.171. The first-order valence-electron chi connectivity index (χ1n) is 6.30. The maximum absolute atomic E-state index is 11.0. The molecule has 21 heavy (non-hydrogen) atoms. The van der Waals surface area contributed by atoms with Crippen LogP contribution in [0.2, 0.25) is 0 Å². The van der Waals surface area contributed by atoms with Crippen LogP contribution in [0.3, 0.4) is 0 Å². The normalized spacial score (nSPS) is 19.8. The molecule has 0 radical (unpaired) electrons. The number of aliphatic carboxylic acids is 2. The first-order chi connectivity index (χ1) is 9.81. The highest BCUT2D eigenvalue weighted by atomic mass is 16.6. The van der Waals surface area contributed by atoms with Crippen LogP contribution in [0.5, 0.6) is 0 Å². The molecule has 1 aliphatic heterocycles. The Hall–Kier alpha value is -2.38. The fourth-order valence-electron chi connectivity index (χ4n) is 1.28. The zero-order valence-electron chi connectivity index (χ0n) is 11.6. The van der Waals surface area contributed by atoms with Gasteiger partial charge in [-0.3, -0.25) is 9.59 Å². The summed E-state index contributed by atoms with van der Waals surface area (Å²) in [6, 6.07) is 0. The number of carboxylic acid groups (broad SMARTS) is 2. The summed E-state index contributed by atoms with van der Waals surface area (Å²) < 4.78 is 9.82. The highest BCUT2D eigenvalue weighted by molar-refractivity contribution is 5.89. The van der Waals surface area contributed by atoms with Gasteiger partial charge in [0.15, 0.2) is 0 Å². The number of hydrogen-bond acceptors (Lipinski definition) is 6. The fraction of sp³-hybridized carbons (Fsp3) is 0.538. The number of hydrogen-bond donors (Lipinski definition) is 2. The molecule has 0 aromatic rings. The number of carbonyl (C=O) groups is 4. The van der Waals surface area contributed by atoms with Crippen LogP contribution in [0.1, 0.15) is 32.6 Å². The maximum Gasteiger partial charge on any atom is 0.328 e. The van der Waals surface area contributed by atoms with Gasteiger partial charge in [0, 0.05) is 25.0 Å². The van der Waals surface area contributed by atoms with E-state index in [2.05, 4.69) is 0 Å². The lowest BCUT2D eigenvalue weighted by atomic mass is 10.2. The van der Waals surface area contributed by atoms with E-state index in [1.54, 1.807) is 6.92 Å². The van der Waals surface area contributed by atoms with Crippen LogP contribution in [-0.2, 0) is 28.7 Å². The summed E-state index contributed by atoms with van der Waals surface area (Å²) in [4.78, 5) is 41.1. The van der Waals surface area contributed by atoms with Gasteiger partial charge in [-0.15, -0.1) is 0 Å². The van der Waals surface area contributed by atoms with Crippen LogP contribution in [0.15, 0.2) is 12.2 Å². The number of carbonyl (C=O) groups excluding carboxylic acids is 2. The third-order valence-corrected chi connectivity index (χ3v) is 2.19. The van der Waals surface area contributed by atoms with Crippen molar-refractivity contribution >= 4 is 23.9 Å². The SMILES string of the molecule is CC1COC(=O)CCCCC(=O)O1.O=C(O)C=CC(=O)O. The molecule has 0 saturated carbocycles. The van der Waals surface area contributed by atoms with Crippen molar-refractivity contribution in [2.24, 2.45) is 0 Å². The third-order valence-electron chi connectivity index (χ3n) is 2.19. The first-order valence-corrected chi connectivity index (χ1v) is 6.30. The van der Waals surface area contributed by atoms with Crippen LogP contribution >= 0.6 is 0 Å². The van der Waals surface area contributed by atoms with E-state index in [4.69, 9.17) is 19.7 Å². The number of carboxylic acids is 2. The molecule has 8 heteroatoms. The topological polar surface area (TPSA) is 127 Å². The molecular formula is C13H18O8. The monoisotopic (exact) mass is 302 g/mol. The molecule has 1 aliphatic rings. The smallest absolute Gasteiger partial charge is 0.328 e. The molecule has 1 rings (SSSR count). The van der Waals surface area contributed by atoms with Crippen LogP contribution in [0.4, 0.5) is 0 Å². The molecule has 1 fully saturated rings. The fourth-order valence-corrected chi connectivity index (χ4v) is 1.28. The molecule has 0 spiro atoms. The van der Waals surface area contributed by atoms with E-state index in [0.717, 1.165) is 0 Å². The van der Waals surface area contributed by atoms with Gasteiger partial charge in [-0.1, -0.05) is 0 Å². The molecule has 2 N–H and O–H groups in total. The Labute approximate surface area is 121 Å². The van der Waals surface area contributed by atoms with Crippen LogP contribution in [0, 0.1) is 0 Å². The van der Waals surface area contributed by atoms with Gasteiger partial charge in [-0.2, -0.15) is 0 Å². The van der Waals surface area contributed by atoms with E-state index in [-0.39, 0.29) is 24.6 Å². The summed E-state index contributed by atoms with van der Waals surface area (Å²) in [6.07, 6.45) is 2.99. The Balaban J connectivity index is 0.000000433. The van der Waals surface area contributed by atoms with Crippen molar-refractivity contribution in [3.05, 3.63) is 12.2 Å². The van der Waals surface area contributed by atoms with Gasteiger partial charge in [-0.05, 0) is 19.8 Å². The average molecular weight is 302 g/mol. The maximum atomic E-state index is 11.0. The quantitative estimate of drug-likeness (QED) is 0.565. The molecule has 118 valence electrons. The number of ether oxygens (including phenoxy) is 2. The lowest BCUT2D eigenvalue weighted by molar-refractivity contribution is -0.159. The minimum atomic E-state index is -1.26. The number of rotatable bonds is 2. The minimum Gasteiger partial charge on any atom is -0.478 e. The standard InChI is InChI=1S/C9H14O4.C4H4O4/c1-7-6-12-8(10)4-2-3-5-9(11)13-7;5-3(6)1-2-4(7)8/h7H,2-6H2,1H3;1-2H,(H,5,6)(H,7,8). The number of cyclic esters (lactones) is 2. The molecule has 0 amide bonds. The number of esters is 2. The summed E-state index contributed by atoms with van der Waals surface area (Å²) in [6.45, 7) is 1.89. The van der Waals surface area contributed by atoms with Gasteiger partial charge in [0.2, 0.25) is 0 Å². The zero-order valence-corrected chi connectivity index (χ0v) is 11.6. The Bertz CT molecular complexity index is 396. The van der Waals surface area contributed by atoms with Gasteiger partial charge in [-0.25, -0.2) is 9.59 Å². The molecule has 0 aromatic carbocycles. The first kappa shape index (κ1) is 18.6. The molecule has 0 aliphatic carbocycles. The molecule has 1 saturated heterocycles. The molecular weight excluding hydrogens is 284 g/mol. The molecule has 8 nitrogen and oxygen atoms in total. The van der Waals surface area contributed by atoms with Crippen molar-refractivity contribution in [3.63, 3.8) is 0 Å². The summed E-state index contributed by atoms with van der Waals surface area (Å²) >= 11 is 0. The van der Waals surface area contributed by atoms with Crippen molar-refractivity contribution in [3.8, 4) is 0 Å². The van der Waals surface area contributed by atoms with E-state index < -0.39 is 11.9 Å². The molecule has 0 aromatic heterocycles. The molecule has 0 bridgehead atoms. The second-order valence-electron chi connectivity index (χ2n) is 4.20. The zero-order chi connectivity index (χ0) is 16.3. The van der Waals surface area contributed by atoms with E-state index >= 15 is 0 Å². The second-order valence-corrected chi connectivity index (χ2v) is 4.20. The Morgan fingerprint density at radius 1 is 1.05 bits per heavy atom. The second kappa shape index (κ2) is 10.4. The van der Waals surface area contributed by atoms with Crippen molar-refractivity contribution in [2.45, 2.75) is 38.7 Å². The molecule has 1 heterocycles. The van der Waals surface area contributed by atoms with E-state index in [1.807, 2.05) is 0 Å². The van der Waals surface area contributed by atoms with E-state index in [9.17, 15) is 19.2 Å². The summed E-state index contributed by atoms with van der Waals surface area (Å²) in [5, 5.41) is 15.6. The molecule has 1 unspecified atom stereocenters. The van der Waals surface area contributed by atoms with Crippen LogP contribution in [-0.4, -0.2) is 46.8 Å². The Kier molecular flexibility index (Phi) is 9.23. The lowest BCUT2D eigenvalue weighted by Crippen LogP contribution is -2.23. The van der Waals surface area contributed by atoms with E-state index in [0.29, 0.717) is 37.8 Å². The van der Waals surface area contributed by atoms with Crippen molar-refractivity contribution < 1.29 is 38.9 Å². The van der Waals surface area contributed by atoms with Gasteiger partial charge < -0.3 is 19.7 Å². The predicted octanol–water partition coefficient (Wildman–Crippen LogP) is 0.747. The van der Waals surface area contributed by atoms with Crippen molar-refractivity contribution in [1.82, 2.24) is 0 Å². The summed E-state index contributed by atoms with van der Waals surface area (Å²) in [5.74, 6) is -2.92. The highest BCUT2D eigenvalue weighted by Crippen LogP contribution is 2.07. The largest absolute Gasteiger partial charge is 0.478 e. The van der Waals surface area contributed by atoms with Gasteiger partial charge >= 0.3 is 23.9 Å². The third kappa shape index (κ3) is 12.4. The average Bonchev–Trinajstić information content (AvgIpc) is 2.39. The predicted molar refractivity (Wildman–Crippen MR) is 69.4 cm³/mol. The summed E-state index contributed by atoms with van der Waals surface area (Å²) in [5.41, 5.74) is 0. The summed E-state index contributed by atoms with van der Waals surface area (Å²) in [7, 11) is 0. The van der Waals surface area contributed by atoms with E-state index in [1.165, 1.54) is 0 Å². The Morgan fingerprint density at radius 2 is 1.52 bits per heavy atom. The van der Waals surface area contributed by atoms with Crippen molar-refractivity contribution in [2.75, 3.05) is 6.61 Å². The Morgan fingerprint density at radius 3 is 2.00 bits per heavy atom. The lowest BCUT2D eigenvalue weighted by Gasteiger charge is -2.15. The van der Waals surface area contributed by atoms with Gasteiger partial charge in [0.1, 0.15) is 12.7 Å². The van der Waals surface area contributed by atoms with Crippen LogP contribution < -0.4 is 0 Å². The van der Waals surface area contributed by atoms with Crippen molar-refractivity contribution in [1.29, 1.82) is 0 Å². The molecule has 1 atom stereocenters. The van der Waals surface area contributed by atoms with Gasteiger partial charge in [0.25, 0.3) is 0 Å². The van der Waals surface area contributed by atoms with Gasteiger partial charge in [0.05, 0.1) is 0 Å². The highest BCUT2D eigenvalue weighted by Gasteiger charge is 2.14. The van der Waals surface area contributed by atoms with Crippen LogP contribution in [0.25, 0.3) is 0 Å².